The van der Waals surface area contributed by atoms with Crippen LogP contribution >= 0.6 is 0 Å². The largest absolute Gasteiger partial charge is 0.309 e. The average Bonchev–Trinajstić information content (AvgIpc) is 3.80. The molecule has 3 heterocycles. The summed E-state index contributed by atoms with van der Waals surface area (Å²) < 4.78 is 4.85. The summed E-state index contributed by atoms with van der Waals surface area (Å²) in [6.45, 7) is 0. The molecule has 0 aliphatic carbocycles. The Hall–Kier alpha value is -7.56. The Kier molecular flexibility index (Phi) is 7.46. The number of fused-ring (bicyclic) bond motifs is 6. The molecule has 0 saturated carbocycles. The van der Waals surface area contributed by atoms with E-state index >= 15 is 0 Å². The summed E-state index contributed by atoms with van der Waals surface area (Å²) in [6, 6.07) is 73.3. The molecule has 8 aromatic carbocycles. The van der Waals surface area contributed by atoms with Crippen LogP contribution in [0, 0.1) is 0 Å². The van der Waals surface area contributed by atoms with Crippen molar-refractivity contribution in [1.29, 1.82) is 0 Å². The summed E-state index contributed by atoms with van der Waals surface area (Å²) in [5.74, 6) is 0.695. The number of hydrogen-bond acceptors (Lipinski definition) is 2. The van der Waals surface area contributed by atoms with Crippen molar-refractivity contribution < 1.29 is 0 Å². The number of para-hydroxylation sites is 5. The molecule has 4 heteroatoms. The molecule has 0 aliphatic rings. The minimum Gasteiger partial charge on any atom is -0.309 e. The fraction of sp³-hybridized carbons (Fsp3) is 0. The van der Waals surface area contributed by atoms with Gasteiger partial charge in [0, 0.05) is 49.4 Å². The van der Waals surface area contributed by atoms with Gasteiger partial charge in [-0.3, -0.25) is 0 Å². The van der Waals surface area contributed by atoms with Gasteiger partial charge in [0.25, 0.3) is 0 Å². The van der Waals surface area contributed by atoms with E-state index < -0.39 is 0 Å². The van der Waals surface area contributed by atoms with Crippen LogP contribution in [0.4, 0.5) is 0 Å². The summed E-state index contributed by atoms with van der Waals surface area (Å²) in [4.78, 5) is 10.4. The van der Waals surface area contributed by atoms with E-state index in [1.54, 1.807) is 0 Å². The zero-order chi connectivity index (χ0) is 37.0. The monoisotopic (exact) mass is 714 g/mol. The lowest BCUT2D eigenvalue weighted by Gasteiger charge is -2.20. The summed E-state index contributed by atoms with van der Waals surface area (Å²) in [6.07, 6.45) is 0. The van der Waals surface area contributed by atoms with Gasteiger partial charge in [0.2, 0.25) is 0 Å². The predicted octanol–water partition coefficient (Wildman–Crippen LogP) is 13.3. The highest BCUT2D eigenvalue weighted by Crippen LogP contribution is 2.42. The van der Waals surface area contributed by atoms with E-state index in [4.69, 9.17) is 9.97 Å². The maximum atomic E-state index is 5.26. The fourth-order valence-corrected chi connectivity index (χ4v) is 8.43. The maximum Gasteiger partial charge on any atom is 0.160 e. The van der Waals surface area contributed by atoms with Crippen molar-refractivity contribution in [2.45, 2.75) is 0 Å². The molecule has 56 heavy (non-hydrogen) atoms. The van der Waals surface area contributed by atoms with E-state index in [9.17, 15) is 0 Å². The van der Waals surface area contributed by atoms with Crippen LogP contribution in [0.15, 0.2) is 206 Å². The molecular formula is C52H34N4. The first-order valence-electron chi connectivity index (χ1n) is 19.0. The normalized spacial score (nSPS) is 11.6. The van der Waals surface area contributed by atoms with Crippen molar-refractivity contribution in [2.75, 3.05) is 0 Å². The highest BCUT2D eigenvalue weighted by atomic mass is 15.0. The molecule has 4 nitrogen and oxygen atoms in total. The standard InChI is InChI=1S/C52H34N4/c1-3-17-35(18-4-1)44-34-45(54-52(53-44)36-19-5-2-6-20-36)37-31-32-51(56-48-28-14-9-23-40(48)41-24-10-15-29-49(41)56)43(33-37)42-25-11-16-30-50(42)55-46-26-12-7-21-38(46)39-22-8-13-27-47(39)55/h1-34H. The maximum absolute atomic E-state index is 5.26. The van der Waals surface area contributed by atoms with Gasteiger partial charge in [-0.2, -0.15) is 0 Å². The molecule has 0 N–H and O–H groups in total. The molecule has 0 aliphatic heterocycles. The van der Waals surface area contributed by atoms with Gasteiger partial charge in [0.05, 0.1) is 44.8 Å². The highest BCUT2D eigenvalue weighted by molar-refractivity contribution is 6.11. The molecule has 0 radical (unpaired) electrons. The van der Waals surface area contributed by atoms with Crippen LogP contribution in [0.5, 0.6) is 0 Å². The second kappa shape index (κ2) is 13.1. The highest BCUT2D eigenvalue weighted by Gasteiger charge is 2.21. The lowest BCUT2D eigenvalue weighted by molar-refractivity contribution is 1.16. The van der Waals surface area contributed by atoms with E-state index in [-0.39, 0.29) is 0 Å². The molecule has 0 fully saturated rings. The van der Waals surface area contributed by atoms with Gasteiger partial charge in [-0.05, 0) is 48.5 Å². The summed E-state index contributed by atoms with van der Waals surface area (Å²) in [5, 5.41) is 4.92. The molecule has 0 spiro atoms. The lowest BCUT2D eigenvalue weighted by atomic mass is 9.96. The average molecular weight is 715 g/mol. The quantitative estimate of drug-likeness (QED) is 0.172. The number of aromatic nitrogens is 4. The van der Waals surface area contributed by atoms with Crippen molar-refractivity contribution >= 4 is 43.6 Å². The Balaban J connectivity index is 1.22. The van der Waals surface area contributed by atoms with Gasteiger partial charge in [-0.1, -0.05) is 158 Å². The Morgan fingerprint density at radius 1 is 0.286 bits per heavy atom. The number of hydrogen-bond donors (Lipinski definition) is 0. The van der Waals surface area contributed by atoms with Gasteiger partial charge in [0.1, 0.15) is 0 Å². The first kappa shape index (κ1) is 31.9. The number of nitrogens with zero attached hydrogens (tertiary/aromatic N) is 4. The van der Waals surface area contributed by atoms with Gasteiger partial charge in [-0.15, -0.1) is 0 Å². The first-order chi connectivity index (χ1) is 27.8. The van der Waals surface area contributed by atoms with Crippen molar-refractivity contribution in [2.24, 2.45) is 0 Å². The van der Waals surface area contributed by atoms with Crippen molar-refractivity contribution in [1.82, 2.24) is 19.1 Å². The predicted molar refractivity (Wildman–Crippen MR) is 232 cm³/mol. The van der Waals surface area contributed by atoms with Gasteiger partial charge < -0.3 is 9.13 Å². The summed E-state index contributed by atoms with van der Waals surface area (Å²) in [5.41, 5.74) is 13.9. The van der Waals surface area contributed by atoms with Crippen LogP contribution in [0.2, 0.25) is 0 Å². The van der Waals surface area contributed by atoms with E-state index in [1.807, 2.05) is 24.3 Å². The molecule has 0 unspecified atom stereocenters. The molecule has 11 aromatic rings. The Morgan fingerprint density at radius 2 is 0.696 bits per heavy atom. The van der Waals surface area contributed by atoms with Gasteiger partial charge in [0.15, 0.2) is 5.82 Å². The minimum atomic E-state index is 0.695. The first-order valence-corrected chi connectivity index (χ1v) is 19.0. The van der Waals surface area contributed by atoms with Crippen LogP contribution in [-0.2, 0) is 0 Å². The summed E-state index contributed by atoms with van der Waals surface area (Å²) in [7, 11) is 0. The molecule has 0 amide bonds. The second-order valence-corrected chi connectivity index (χ2v) is 14.2. The Bertz CT molecular complexity index is 3080. The van der Waals surface area contributed by atoms with Crippen molar-refractivity contribution in [3.05, 3.63) is 206 Å². The van der Waals surface area contributed by atoms with Crippen LogP contribution < -0.4 is 0 Å². The van der Waals surface area contributed by atoms with E-state index in [2.05, 4.69) is 191 Å². The third-order valence-electron chi connectivity index (χ3n) is 11.0. The second-order valence-electron chi connectivity index (χ2n) is 14.2. The SMILES string of the molecule is c1ccc(-c2cc(-c3ccc(-n4c5ccccc5c5ccccc54)c(-c4ccccc4-n4c5ccccc5c5ccccc54)c3)nc(-c3ccccc3)n2)cc1. The van der Waals surface area contributed by atoms with Crippen molar-refractivity contribution in [3.8, 4) is 56.4 Å². The third-order valence-corrected chi connectivity index (χ3v) is 11.0. The fourth-order valence-electron chi connectivity index (χ4n) is 8.43. The van der Waals surface area contributed by atoms with Gasteiger partial charge >= 0.3 is 0 Å². The molecule has 0 saturated heterocycles. The lowest BCUT2D eigenvalue weighted by Crippen LogP contribution is -2.02. The molecule has 262 valence electrons. The molecule has 0 atom stereocenters. The topological polar surface area (TPSA) is 35.6 Å². The zero-order valence-corrected chi connectivity index (χ0v) is 30.4. The number of benzene rings is 8. The minimum absolute atomic E-state index is 0.695. The van der Waals surface area contributed by atoms with Crippen LogP contribution in [0.3, 0.4) is 0 Å². The van der Waals surface area contributed by atoms with Crippen LogP contribution in [0.1, 0.15) is 0 Å². The smallest absolute Gasteiger partial charge is 0.160 e. The number of rotatable bonds is 6. The summed E-state index contributed by atoms with van der Waals surface area (Å²) >= 11 is 0. The molecule has 3 aromatic heterocycles. The van der Waals surface area contributed by atoms with E-state index in [1.165, 1.54) is 32.6 Å². The zero-order valence-electron chi connectivity index (χ0n) is 30.4. The van der Waals surface area contributed by atoms with Crippen LogP contribution in [0.25, 0.3) is 100 Å². The van der Waals surface area contributed by atoms with E-state index in [0.29, 0.717) is 5.82 Å². The van der Waals surface area contributed by atoms with Gasteiger partial charge in [-0.25, -0.2) is 9.97 Å². The Labute approximate surface area is 324 Å². The van der Waals surface area contributed by atoms with E-state index in [0.717, 1.165) is 61.6 Å². The molecule has 0 bridgehead atoms. The van der Waals surface area contributed by atoms with Crippen molar-refractivity contribution in [3.63, 3.8) is 0 Å². The third kappa shape index (κ3) is 5.15. The molecular weight excluding hydrogens is 681 g/mol. The Morgan fingerprint density at radius 3 is 1.23 bits per heavy atom. The molecule has 11 rings (SSSR count). The van der Waals surface area contributed by atoms with Crippen LogP contribution in [-0.4, -0.2) is 19.1 Å².